The number of rotatable bonds is 14. The summed E-state index contributed by atoms with van der Waals surface area (Å²) < 4.78 is 5.27. The zero-order valence-corrected chi connectivity index (χ0v) is 20.8. The molecule has 0 bridgehead atoms. The Balaban J connectivity index is 1.29. The average molecular weight is 435 g/mol. The topological polar surface area (TPSA) is 9.23 Å². The molecule has 2 aromatic rings. The van der Waals surface area contributed by atoms with Gasteiger partial charge in [0, 0.05) is 0 Å². The maximum Gasteiger partial charge on any atom is 0.118 e. The molecule has 176 valence electrons. The second-order valence-electron chi connectivity index (χ2n) is 10.0. The van der Waals surface area contributed by atoms with Crippen LogP contribution in [0.5, 0.6) is 5.75 Å². The summed E-state index contributed by atoms with van der Waals surface area (Å²) in [4.78, 5) is 0. The molecule has 0 aliphatic heterocycles. The van der Waals surface area contributed by atoms with Gasteiger partial charge in [0.25, 0.3) is 0 Å². The second kappa shape index (κ2) is 14.4. The van der Waals surface area contributed by atoms with Crippen molar-refractivity contribution in [1.29, 1.82) is 0 Å². The first-order valence-corrected chi connectivity index (χ1v) is 13.5. The van der Waals surface area contributed by atoms with E-state index in [0.29, 0.717) is 0 Å². The molecule has 1 saturated carbocycles. The fourth-order valence-corrected chi connectivity index (χ4v) is 5.44. The van der Waals surface area contributed by atoms with E-state index in [4.69, 9.17) is 4.74 Å². The van der Waals surface area contributed by atoms with Crippen LogP contribution in [0.4, 0.5) is 0 Å². The van der Waals surface area contributed by atoms with E-state index in [2.05, 4.69) is 43.3 Å². The molecule has 0 unspecified atom stereocenters. The monoisotopic (exact) mass is 434 g/mol. The van der Waals surface area contributed by atoms with Crippen molar-refractivity contribution in [2.24, 2.45) is 5.92 Å². The van der Waals surface area contributed by atoms with Crippen molar-refractivity contribution in [2.75, 3.05) is 7.11 Å². The fourth-order valence-electron chi connectivity index (χ4n) is 5.44. The van der Waals surface area contributed by atoms with Gasteiger partial charge in [-0.1, -0.05) is 114 Å². The molecule has 0 aromatic heterocycles. The molecule has 3 rings (SSSR count). The Kier molecular flexibility index (Phi) is 11.2. The predicted molar refractivity (Wildman–Crippen MR) is 140 cm³/mol. The summed E-state index contributed by atoms with van der Waals surface area (Å²) in [7, 11) is 1.72. The van der Waals surface area contributed by atoms with Crippen LogP contribution >= 0.6 is 0 Å². The highest BCUT2D eigenvalue weighted by molar-refractivity contribution is 5.64. The maximum absolute atomic E-state index is 5.27. The van der Waals surface area contributed by atoms with Gasteiger partial charge in [0.15, 0.2) is 0 Å². The van der Waals surface area contributed by atoms with Crippen LogP contribution in [0.15, 0.2) is 48.5 Å². The lowest BCUT2D eigenvalue weighted by Gasteiger charge is -2.29. The third-order valence-corrected chi connectivity index (χ3v) is 7.62. The lowest BCUT2D eigenvalue weighted by atomic mass is 9.77. The largest absolute Gasteiger partial charge is 0.497 e. The molecule has 0 heterocycles. The van der Waals surface area contributed by atoms with Gasteiger partial charge in [-0.25, -0.2) is 0 Å². The first kappa shape index (κ1) is 24.9. The zero-order valence-electron chi connectivity index (χ0n) is 20.8. The van der Waals surface area contributed by atoms with Gasteiger partial charge < -0.3 is 4.74 Å². The summed E-state index contributed by atoms with van der Waals surface area (Å²) in [5.74, 6) is 2.67. The highest BCUT2D eigenvalue weighted by Crippen LogP contribution is 2.38. The molecule has 1 aliphatic carbocycles. The molecule has 0 radical (unpaired) electrons. The van der Waals surface area contributed by atoms with Crippen LogP contribution in [0.1, 0.15) is 115 Å². The van der Waals surface area contributed by atoms with Crippen molar-refractivity contribution < 1.29 is 4.74 Å². The van der Waals surface area contributed by atoms with Crippen molar-refractivity contribution in [3.8, 4) is 16.9 Å². The van der Waals surface area contributed by atoms with Gasteiger partial charge in [0.1, 0.15) is 5.75 Å². The van der Waals surface area contributed by atoms with Crippen LogP contribution in [-0.2, 0) is 0 Å². The van der Waals surface area contributed by atoms with E-state index in [9.17, 15) is 0 Å². The summed E-state index contributed by atoms with van der Waals surface area (Å²) in [6, 6.07) is 17.7. The summed E-state index contributed by atoms with van der Waals surface area (Å²) in [6.45, 7) is 2.30. The van der Waals surface area contributed by atoms with Crippen molar-refractivity contribution in [3.63, 3.8) is 0 Å². The van der Waals surface area contributed by atoms with Crippen molar-refractivity contribution in [3.05, 3.63) is 54.1 Å². The van der Waals surface area contributed by atoms with E-state index in [1.807, 2.05) is 12.1 Å². The van der Waals surface area contributed by atoms with Crippen LogP contribution in [0.25, 0.3) is 11.1 Å². The smallest absolute Gasteiger partial charge is 0.118 e. The molecule has 0 amide bonds. The molecule has 1 nitrogen and oxygen atoms in total. The minimum Gasteiger partial charge on any atom is -0.497 e. The van der Waals surface area contributed by atoms with Crippen molar-refractivity contribution >= 4 is 0 Å². The maximum atomic E-state index is 5.27. The van der Waals surface area contributed by atoms with Gasteiger partial charge in [-0.15, -0.1) is 0 Å². The summed E-state index contributed by atoms with van der Waals surface area (Å²) in [6.07, 6.45) is 21.6. The summed E-state index contributed by atoms with van der Waals surface area (Å²) >= 11 is 0. The molecule has 1 aliphatic rings. The third-order valence-electron chi connectivity index (χ3n) is 7.62. The molecule has 0 atom stereocenters. The molecular formula is C31H46O. The normalized spacial score (nSPS) is 18.6. The van der Waals surface area contributed by atoms with Crippen LogP contribution in [0.3, 0.4) is 0 Å². The number of hydrogen-bond acceptors (Lipinski definition) is 1. The Labute approximate surface area is 198 Å². The number of unbranched alkanes of at least 4 members (excludes halogenated alkanes) is 9. The molecule has 32 heavy (non-hydrogen) atoms. The SMILES string of the molecule is CCCCCCCCCCCCC1CCC(c2ccc(-c3ccc(OC)cc3)cc2)CC1. The first-order chi connectivity index (χ1) is 15.8. The van der Waals surface area contributed by atoms with E-state index in [-0.39, 0.29) is 0 Å². The van der Waals surface area contributed by atoms with Crippen LogP contribution in [0, 0.1) is 5.92 Å². The molecule has 0 N–H and O–H groups in total. The number of methoxy groups -OCH3 is 1. The van der Waals surface area contributed by atoms with E-state index >= 15 is 0 Å². The summed E-state index contributed by atoms with van der Waals surface area (Å²) in [5, 5.41) is 0. The quantitative estimate of drug-likeness (QED) is 0.269. The van der Waals surface area contributed by atoms with Gasteiger partial charge in [-0.2, -0.15) is 0 Å². The zero-order chi connectivity index (χ0) is 22.4. The number of ether oxygens (including phenoxy) is 1. The lowest BCUT2D eigenvalue weighted by molar-refractivity contribution is 0.302. The van der Waals surface area contributed by atoms with E-state index in [1.165, 1.54) is 107 Å². The van der Waals surface area contributed by atoms with Crippen molar-refractivity contribution in [2.45, 2.75) is 109 Å². The van der Waals surface area contributed by atoms with Gasteiger partial charge in [-0.05, 0) is 66.3 Å². The van der Waals surface area contributed by atoms with Crippen molar-refractivity contribution in [1.82, 2.24) is 0 Å². The Morgan fingerprint density at radius 2 is 1.12 bits per heavy atom. The number of benzene rings is 2. The molecule has 1 heteroatoms. The predicted octanol–water partition coefficient (Wildman–Crippen LogP) is 9.95. The first-order valence-electron chi connectivity index (χ1n) is 13.5. The van der Waals surface area contributed by atoms with Crippen LogP contribution < -0.4 is 4.74 Å². The Bertz CT molecular complexity index is 722. The van der Waals surface area contributed by atoms with E-state index < -0.39 is 0 Å². The molecule has 0 saturated heterocycles. The van der Waals surface area contributed by atoms with Crippen LogP contribution in [-0.4, -0.2) is 7.11 Å². The highest BCUT2D eigenvalue weighted by atomic mass is 16.5. The lowest BCUT2D eigenvalue weighted by Crippen LogP contribution is -2.13. The minimum absolute atomic E-state index is 0.767. The van der Waals surface area contributed by atoms with E-state index in [1.54, 1.807) is 12.7 Å². The molecular weight excluding hydrogens is 388 g/mol. The Morgan fingerprint density at radius 1 is 0.625 bits per heavy atom. The summed E-state index contributed by atoms with van der Waals surface area (Å²) in [5.41, 5.74) is 4.10. The van der Waals surface area contributed by atoms with Gasteiger partial charge in [0.05, 0.1) is 7.11 Å². The standard InChI is InChI=1S/C31H46O/c1-3-4-5-6-7-8-9-10-11-12-13-26-14-16-27(17-15-26)28-18-20-29(21-19-28)30-22-24-31(32-2)25-23-30/h18-27H,3-17H2,1-2H3. The minimum atomic E-state index is 0.767. The molecule has 0 spiro atoms. The number of hydrogen-bond donors (Lipinski definition) is 0. The van der Waals surface area contributed by atoms with Gasteiger partial charge in [-0.3, -0.25) is 0 Å². The fraction of sp³-hybridized carbons (Fsp3) is 0.613. The van der Waals surface area contributed by atoms with Gasteiger partial charge >= 0.3 is 0 Å². The highest BCUT2D eigenvalue weighted by Gasteiger charge is 2.22. The Morgan fingerprint density at radius 3 is 1.66 bits per heavy atom. The molecule has 1 fully saturated rings. The third kappa shape index (κ3) is 8.30. The second-order valence-corrected chi connectivity index (χ2v) is 10.0. The van der Waals surface area contributed by atoms with Gasteiger partial charge in [0.2, 0.25) is 0 Å². The molecule has 2 aromatic carbocycles. The van der Waals surface area contributed by atoms with Crippen LogP contribution in [0.2, 0.25) is 0 Å². The average Bonchev–Trinajstić information content (AvgIpc) is 2.86. The van der Waals surface area contributed by atoms with E-state index in [0.717, 1.165) is 17.6 Å². The Hall–Kier alpha value is -1.76.